The van der Waals surface area contributed by atoms with Crippen LogP contribution in [-0.2, 0) is 4.74 Å². The van der Waals surface area contributed by atoms with Gasteiger partial charge in [0.05, 0.1) is 31.1 Å². The van der Waals surface area contributed by atoms with Crippen molar-refractivity contribution in [2.45, 2.75) is 6.04 Å². The summed E-state index contributed by atoms with van der Waals surface area (Å²) in [5.74, 6) is 0. The van der Waals surface area contributed by atoms with E-state index in [1.54, 1.807) is 12.5 Å². The number of rotatable bonds is 2. The van der Waals surface area contributed by atoms with Crippen molar-refractivity contribution in [2.75, 3.05) is 13.2 Å². The molecule has 4 rings (SSSR count). The van der Waals surface area contributed by atoms with Gasteiger partial charge >= 0.3 is 0 Å². The van der Waals surface area contributed by atoms with E-state index >= 15 is 0 Å². The molecule has 1 fully saturated rings. The first-order valence-corrected chi connectivity index (χ1v) is 5.81. The zero-order valence-electron chi connectivity index (χ0n) is 9.60. The predicted molar refractivity (Wildman–Crippen MR) is 64.1 cm³/mol. The van der Waals surface area contributed by atoms with Gasteiger partial charge in [0, 0.05) is 30.2 Å². The highest BCUT2D eigenvalue weighted by Gasteiger charge is 2.21. The fourth-order valence-electron chi connectivity index (χ4n) is 2.02. The van der Waals surface area contributed by atoms with Crippen LogP contribution in [0.15, 0.2) is 37.2 Å². The lowest BCUT2D eigenvalue weighted by Gasteiger charge is -2.25. The average molecular weight is 241 g/mol. The maximum Gasteiger partial charge on any atom is 0.140 e. The van der Waals surface area contributed by atoms with Crippen LogP contribution in [-0.4, -0.2) is 37.4 Å². The molecule has 0 bridgehead atoms. The first-order valence-electron chi connectivity index (χ1n) is 5.81. The van der Waals surface area contributed by atoms with Crippen LogP contribution in [0.2, 0.25) is 0 Å². The Kier molecular flexibility index (Phi) is 1.98. The van der Waals surface area contributed by atoms with Crippen molar-refractivity contribution in [1.82, 2.24) is 24.1 Å². The lowest BCUT2D eigenvalue weighted by molar-refractivity contribution is -0.0286. The van der Waals surface area contributed by atoms with Gasteiger partial charge in [-0.25, -0.2) is 9.97 Å². The molecule has 1 aliphatic rings. The predicted octanol–water partition coefficient (Wildman–Crippen LogP) is 1.16. The molecule has 0 N–H and O–H groups in total. The van der Waals surface area contributed by atoms with E-state index in [1.165, 1.54) is 0 Å². The summed E-state index contributed by atoms with van der Waals surface area (Å²) in [4.78, 5) is 8.65. The van der Waals surface area contributed by atoms with Crippen molar-refractivity contribution >= 4 is 5.65 Å². The van der Waals surface area contributed by atoms with E-state index in [4.69, 9.17) is 4.74 Å². The number of hydrogen-bond acceptors (Lipinski definition) is 4. The summed E-state index contributed by atoms with van der Waals surface area (Å²) in [5.41, 5.74) is 2.78. The fraction of sp³-hybridized carbons (Fsp3) is 0.250. The van der Waals surface area contributed by atoms with Crippen molar-refractivity contribution in [3.63, 3.8) is 0 Å². The van der Waals surface area contributed by atoms with E-state index in [9.17, 15) is 0 Å². The minimum absolute atomic E-state index is 0.369. The summed E-state index contributed by atoms with van der Waals surface area (Å²) in [7, 11) is 0. The maximum absolute atomic E-state index is 5.16. The first kappa shape index (κ1) is 9.78. The highest BCUT2D eigenvalue weighted by atomic mass is 16.5. The minimum Gasteiger partial charge on any atom is -0.377 e. The quantitative estimate of drug-likeness (QED) is 0.675. The first-order chi connectivity index (χ1) is 8.90. The van der Waals surface area contributed by atoms with Crippen molar-refractivity contribution in [2.24, 2.45) is 0 Å². The number of aromatic nitrogens is 5. The monoisotopic (exact) mass is 241 g/mol. The largest absolute Gasteiger partial charge is 0.377 e. The van der Waals surface area contributed by atoms with Gasteiger partial charge in [0.1, 0.15) is 12.0 Å². The van der Waals surface area contributed by atoms with Gasteiger partial charge in [-0.05, 0) is 0 Å². The van der Waals surface area contributed by atoms with Gasteiger partial charge in [-0.15, -0.1) is 0 Å². The molecule has 1 saturated heterocycles. The standard InChI is InChI=1S/C12H11N5O/c1-2-16-8-14-11(3-12(16)13-1)9-4-15-17(5-9)10-6-18-7-10/h1-5,8,10H,6-7H2. The van der Waals surface area contributed by atoms with Gasteiger partial charge < -0.3 is 4.74 Å². The minimum atomic E-state index is 0.369. The van der Waals surface area contributed by atoms with E-state index in [1.807, 2.05) is 33.7 Å². The highest BCUT2D eigenvalue weighted by molar-refractivity contribution is 5.61. The van der Waals surface area contributed by atoms with Crippen LogP contribution in [0.1, 0.15) is 6.04 Å². The smallest absolute Gasteiger partial charge is 0.140 e. The van der Waals surface area contributed by atoms with E-state index in [0.717, 1.165) is 30.1 Å². The molecule has 0 atom stereocenters. The third kappa shape index (κ3) is 1.42. The lowest BCUT2D eigenvalue weighted by Crippen LogP contribution is -2.30. The van der Waals surface area contributed by atoms with E-state index in [-0.39, 0.29) is 0 Å². The normalized spacial score (nSPS) is 16.0. The molecule has 0 unspecified atom stereocenters. The number of imidazole rings is 1. The SMILES string of the molecule is c1cn2cnc(-c3cnn(C4COC4)c3)cc2n1. The van der Waals surface area contributed by atoms with Crippen LogP contribution >= 0.6 is 0 Å². The van der Waals surface area contributed by atoms with Gasteiger partial charge in [0.2, 0.25) is 0 Å². The molecular formula is C12H11N5O. The molecule has 0 radical (unpaired) electrons. The Morgan fingerprint density at radius 3 is 3.06 bits per heavy atom. The fourth-order valence-corrected chi connectivity index (χ4v) is 2.02. The maximum atomic E-state index is 5.16. The van der Waals surface area contributed by atoms with E-state index < -0.39 is 0 Å². The zero-order chi connectivity index (χ0) is 11.9. The molecule has 0 aliphatic carbocycles. The van der Waals surface area contributed by atoms with Crippen LogP contribution in [0.3, 0.4) is 0 Å². The molecule has 18 heavy (non-hydrogen) atoms. The lowest BCUT2D eigenvalue weighted by atomic mass is 10.2. The van der Waals surface area contributed by atoms with Crippen LogP contribution < -0.4 is 0 Å². The van der Waals surface area contributed by atoms with Crippen molar-refractivity contribution in [1.29, 1.82) is 0 Å². The molecule has 90 valence electrons. The summed E-state index contributed by atoms with van der Waals surface area (Å²) >= 11 is 0. The third-order valence-corrected chi connectivity index (χ3v) is 3.18. The van der Waals surface area contributed by atoms with Crippen molar-refractivity contribution in [3.8, 4) is 11.3 Å². The second-order valence-electron chi connectivity index (χ2n) is 4.37. The Balaban J connectivity index is 1.74. The average Bonchev–Trinajstić information content (AvgIpc) is 2.93. The summed E-state index contributed by atoms with van der Waals surface area (Å²) < 4.78 is 8.99. The third-order valence-electron chi connectivity index (χ3n) is 3.18. The topological polar surface area (TPSA) is 57.2 Å². The Labute approximate surface area is 103 Å². The van der Waals surface area contributed by atoms with Gasteiger partial charge in [-0.3, -0.25) is 9.08 Å². The molecule has 4 heterocycles. The number of fused-ring (bicyclic) bond motifs is 1. The summed E-state index contributed by atoms with van der Waals surface area (Å²) in [6.07, 6.45) is 9.24. The number of hydrogen-bond donors (Lipinski definition) is 0. The van der Waals surface area contributed by atoms with E-state index in [2.05, 4.69) is 15.1 Å². The molecule has 0 amide bonds. The zero-order valence-corrected chi connectivity index (χ0v) is 9.60. The molecule has 3 aromatic rings. The molecule has 0 saturated carbocycles. The molecule has 0 spiro atoms. The Morgan fingerprint density at radius 1 is 1.28 bits per heavy atom. The second kappa shape index (κ2) is 3.64. The molecule has 6 nitrogen and oxygen atoms in total. The van der Waals surface area contributed by atoms with Crippen LogP contribution in [0.25, 0.3) is 16.9 Å². The summed E-state index contributed by atoms with van der Waals surface area (Å²) in [6, 6.07) is 2.33. The second-order valence-corrected chi connectivity index (χ2v) is 4.37. The molecule has 6 heteroatoms. The Bertz CT molecular complexity index is 697. The molecular weight excluding hydrogens is 230 g/mol. The van der Waals surface area contributed by atoms with Crippen LogP contribution in [0.4, 0.5) is 0 Å². The van der Waals surface area contributed by atoms with Crippen LogP contribution in [0.5, 0.6) is 0 Å². The summed E-state index contributed by atoms with van der Waals surface area (Å²) in [6.45, 7) is 1.49. The number of ether oxygens (including phenoxy) is 1. The van der Waals surface area contributed by atoms with Crippen molar-refractivity contribution in [3.05, 3.63) is 37.2 Å². The van der Waals surface area contributed by atoms with Gasteiger partial charge in [0.25, 0.3) is 0 Å². The molecule has 0 aromatic carbocycles. The molecule has 3 aromatic heterocycles. The number of nitrogens with zero attached hydrogens (tertiary/aromatic N) is 5. The molecule has 1 aliphatic heterocycles. The Morgan fingerprint density at radius 2 is 2.22 bits per heavy atom. The van der Waals surface area contributed by atoms with Gasteiger partial charge in [0.15, 0.2) is 0 Å². The van der Waals surface area contributed by atoms with Crippen LogP contribution in [0, 0.1) is 0 Å². The van der Waals surface area contributed by atoms with Crippen molar-refractivity contribution < 1.29 is 4.74 Å². The summed E-state index contributed by atoms with van der Waals surface area (Å²) in [5, 5.41) is 4.35. The van der Waals surface area contributed by atoms with E-state index in [0.29, 0.717) is 6.04 Å². The Hall–Kier alpha value is -2.21. The highest BCUT2D eigenvalue weighted by Crippen LogP contribution is 2.21. The van der Waals surface area contributed by atoms with Gasteiger partial charge in [-0.1, -0.05) is 0 Å². The van der Waals surface area contributed by atoms with Gasteiger partial charge in [-0.2, -0.15) is 5.10 Å².